The summed E-state index contributed by atoms with van der Waals surface area (Å²) in [6, 6.07) is 0. The molecule has 0 aliphatic rings. The monoisotopic (exact) mass is 168 g/mol. The van der Waals surface area contributed by atoms with Crippen LogP contribution in [0.2, 0.25) is 0 Å². The van der Waals surface area contributed by atoms with Gasteiger partial charge in [-0.25, -0.2) is 9.97 Å². The van der Waals surface area contributed by atoms with Crippen molar-refractivity contribution in [2.45, 2.75) is 32.6 Å². The van der Waals surface area contributed by atoms with E-state index >= 15 is 0 Å². The lowest BCUT2D eigenvalue weighted by Gasteiger charge is -2.21. The molecule has 0 aliphatic carbocycles. The molecule has 0 saturated heterocycles. The van der Waals surface area contributed by atoms with Crippen molar-refractivity contribution in [3.63, 3.8) is 0 Å². The second kappa shape index (κ2) is 3.17. The van der Waals surface area contributed by atoms with Gasteiger partial charge in [-0.3, -0.25) is 0 Å². The molecule has 0 aliphatic heterocycles. The van der Waals surface area contributed by atoms with Crippen molar-refractivity contribution in [1.29, 1.82) is 0 Å². The Morgan fingerprint density at radius 2 is 1.83 bits per heavy atom. The second-order valence-electron chi connectivity index (χ2n) is 3.48. The van der Waals surface area contributed by atoms with E-state index in [1.54, 1.807) is 12.4 Å². The molecule has 66 valence electrons. The number of halogens is 1. The van der Waals surface area contributed by atoms with Crippen LogP contribution < -0.4 is 0 Å². The summed E-state index contributed by atoms with van der Waals surface area (Å²) >= 11 is 0. The first-order valence-corrected chi connectivity index (χ1v) is 4.04. The highest BCUT2D eigenvalue weighted by molar-refractivity contribution is 5.15. The molecular formula is C9H13FN2. The van der Waals surface area contributed by atoms with Gasteiger partial charge in [-0.1, -0.05) is 20.8 Å². The predicted molar refractivity (Wildman–Crippen MR) is 45.3 cm³/mol. The van der Waals surface area contributed by atoms with Crippen LogP contribution in [-0.2, 0) is 5.41 Å². The zero-order chi connectivity index (χ0) is 9.19. The summed E-state index contributed by atoms with van der Waals surface area (Å²) in [7, 11) is 0. The molecule has 1 rings (SSSR count). The standard InChI is InChI=1S/C9H13FN2/c1-4-9(2,3)7-5-11-8(10)12-6-7/h5-6H,4H2,1-3H3. The highest BCUT2D eigenvalue weighted by atomic mass is 19.1. The molecule has 12 heavy (non-hydrogen) atoms. The lowest BCUT2D eigenvalue weighted by molar-refractivity contribution is 0.486. The van der Waals surface area contributed by atoms with Crippen molar-refractivity contribution in [1.82, 2.24) is 9.97 Å². The third-order valence-corrected chi connectivity index (χ3v) is 2.29. The van der Waals surface area contributed by atoms with Gasteiger partial charge in [0.2, 0.25) is 0 Å². The zero-order valence-electron chi connectivity index (χ0n) is 7.63. The van der Waals surface area contributed by atoms with E-state index in [4.69, 9.17) is 0 Å². The molecule has 0 unspecified atom stereocenters. The minimum Gasteiger partial charge on any atom is -0.210 e. The van der Waals surface area contributed by atoms with Crippen LogP contribution in [0.3, 0.4) is 0 Å². The molecule has 0 aromatic carbocycles. The van der Waals surface area contributed by atoms with Crippen LogP contribution in [0.25, 0.3) is 0 Å². The molecule has 0 N–H and O–H groups in total. The molecule has 1 aromatic heterocycles. The van der Waals surface area contributed by atoms with Gasteiger partial charge >= 0.3 is 6.08 Å². The van der Waals surface area contributed by atoms with Crippen molar-refractivity contribution < 1.29 is 4.39 Å². The van der Waals surface area contributed by atoms with Crippen LogP contribution in [0.15, 0.2) is 12.4 Å². The van der Waals surface area contributed by atoms with Crippen molar-refractivity contribution >= 4 is 0 Å². The average Bonchev–Trinajstić information content (AvgIpc) is 2.05. The number of hydrogen-bond donors (Lipinski definition) is 0. The first-order valence-electron chi connectivity index (χ1n) is 4.04. The Morgan fingerprint density at radius 3 is 2.25 bits per heavy atom. The van der Waals surface area contributed by atoms with Gasteiger partial charge in [0.05, 0.1) is 0 Å². The van der Waals surface area contributed by atoms with Crippen molar-refractivity contribution in [2.75, 3.05) is 0 Å². The third-order valence-electron chi connectivity index (χ3n) is 2.29. The van der Waals surface area contributed by atoms with Gasteiger partial charge in [0.25, 0.3) is 0 Å². The van der Waals surface area contributed by atoms with E-state index < -0.39 is 6.08 Å². The Bertz CT molecular complexity index is 254. The van der Waals surface area contributed by atoms with E-state index in [0.29, 0.717) is 0 Å². The largest absolute Gasteiger partial charge is 0.308 e. The van der Waals surface area contributed by atoms with Crippen LogP contribution >= 0.6 is 0 Å². The van der Waals surface area contributed by atoms with Gasteiger partial charge in [0.15, 0.2) is 0 Å². The van der Waals surface area contributed by atoms with Gasteiger partial charge in [-0.2, -0.15) is 4.39 Å². The number of nitrogens with zero attached hydrogens (tertiary/aromatic N) is 2. The highest BCUT2D eigenvalue weighted by Crippen LogP contribution is 2.24. The summed E-state index contributed by atoms with van der Waals surface area (Å²) in [4.78, 5) is 7.03. The lowest BCUT2D eigenvalue weighted by atomic mass is 9.84. The number of rotatable bonds is 2. The molecule has 0 spiro atoms. The van der Waals surface area contributed by atoms with E-state index in [1.807, 2.05) is 0 Å². The fourth-order valence-electron chi connectivity index (χ4n) is 0.866. The van der Waals surface area contributed by atoms with E-state index in [9.17, 15) is 4.39 Å². The summed E-state index contributed by atoms with van der Waals surface area (Å²) in [5, 5.41) is 0. The Morgan fingerprint density at radius 1 is 1.33 bits per heavy atom. The van der Waals surface area contributed by atoms with Crippen LogP contribution in [0, 0.1) is 6.08 Å². The summed E-state index contributed by atoms with van der Waals surface area (Å²) in [6.07, 6.45) is 3.42. The van der Waals surface area contributed by atoms with E-state index in [2.05, 4.69) is 30.7 Å². The van der Waals surface area contributed by atoms with E-state index in [0.717, 1.165) is 12.0 Å². The Hall–Kier alpha value is -0.990. The fraction of sp³-hybridized carbons (Fsp3) is 0.556. The zero-order valence-corrected chi connectivity index (χ0v) is 7.63. The third kappa shape index (κ3) is 1.78. The molecule has 3 heteroatoms. The SMILES string of the molecule is CCC(C)(C)c1cnc(F)nc1. The minimum atomic E-state index is -0.661. The van der Waals surface area contributed by atoms with Crippen molar-refractivity contribution in [2.24, 2.45) is 0 Å². The summed E-state index contributed by atoms with van der Waals surface area (Å²) in [6.45, 7) is 6.26. The summed E-state index contributed by atoms with van der Waals surface area (Å²) in [5.74, 6) is 0. The van der Waals surface area contributed by atoms with Crippen LogP contribution in [0.1, 0.15) is 32.8 Å². The molecular weight excluding hydrogens is 155 g/mol. The molecule has 1 aromatic rings. The van der Waals surface area contributed by atoms with E-state index in [-0.39, 0.29) is 5.41 Å². The topological polar surface area (TPSA) is 25.8 Å². The number of aromatic nitrogens is 2. The minimum absolute atomic E-state index is 0.0354. The Balaban J connectivity index is 2.96. The molecule has 0 radical (unpaired) electrons. The predicted octanol–water partition coefficient (Wildman–Crippen LogP) is 2.30. The Kier molecular flexibility index (Phi) is 2.40. The van der Waals surface area contributed by atoms with Gasteiger partial charge in [-0.15, -0.1) is 0 Å². The molecule has 0 saturated carbocycles. The first-order chi connectivity index (χ1) is 5.56. The van der Waals surface area contributed by atoms with Gasteiger partial charge in [0.1, 0.15) is 0 Å². The Labute approximate surface area is 71.9 Å². The van der Waals surface area contributed by atoms with Gasteiger partial charge in [-0.05, 0) is 17.4 Å². The summed E-state index contributed by atoms with van der Waals surface area (Å²) < 4.78 is 12.4. The highest BCUT2D eigenvalue weighted by Gasteiger charge is 2.18. The van der Waals surface area contributed by atoms with E-state index in [1.165, 1.54) is 0 Å². The molecule has 0 amide bonds. The maximum atomic E-state index is 12.4. The van der Waals surface area contributed by atoms with Crippen LogP contribution in [-0.4, -0.2) is 9.97 Å². The van der Waals surface area contributed by atoms with Gasteiger partial charge in [0, 0.05) is 12.4 Å². The molecule has 0 atom stereocenters. The average molecular weight is 168 g/mol. The van der Waals surface area contributed by atoms with Crippen molar-refractivity contribution in [3.8, 4) is 0 Å². The lowest BCUT2D eigenvalue weighted by Crippen LogP contribution is -2.16. The van der Waals surface area contributed by atoms with Gasteiger partial charge < -0.3 is 0 Å². The summed E-state index contributed by atoms with van der Waals surface area (Å²) in [5.41, 5.74) is 1.01. The second-order valence-corrected chi connectivity index (χ2v) is 3.48. The fourth-order valence-corrected chi connectivity index (χ4v) is 0.866. The number of hydrogen-bond acceptors (Lipinski definition) is 2. The first kappa shape index (κ1) is 9.10. The molecule has 0 fully saturated rings. The van der Waals surface area contributed by atoms with Crippen LogP contribution in [0.4, 0.5) is 4.39 Å². The normalized spacial score (nSPS) is 11.7. The molecule has 0 bridgehead atoms. The quantitative estimate of drug-likeness (QED) is 0.633. The maximum Gasteiger partial charge on any atom is 0.308 e. The molecule has 2 nitrogen and oxygen atoms in total. The van der Waals surface area contributed by atoms with Crippen molar-refractivity contribution in [3.05, 3.63) is 24.0 Å². The smallest absolute Gasteiger partial charge is 0.210 e. The maximum absolute atomic E-state index is 12.4. The van der Waals surface area contributed by atoms with Crippen LogP contribution in [0.5, 0.6) is 0 Å². The molecule has 1 heterocycles.